The topological polar surface area (TPSA) is 46.6 Å². The fourth-order valence-corrected chi connectivity index (χ4v) is 1.85. The van der Waals surface area contributed by atoms with Crippen LogP contribution < -0.4 is 0 Å². The molecule has 0 bridgehead atoms. The van der Waals surface area contributed by atoms with Gasteiger partial charge in [0.2, 0.25) is 5.91 Å². The molecular formula is C13H23NO3. The molecule has 1 amide bonds. The lowest BCUT2D eigenvalue weighted by Gasteiger charge is -2.36. The number of amides is 1. The van der Waals surface area contributed by atoms with Crippen LogP contribution in [-0.4, -0.2) is 29.0 Å². The van der Waals surface area contributed by atoms with Crippen molar-refractivity contribution >= 4 is 11.9 Å². The van der Waals surface area contributed by atoms with Crippen LogP contribution in [-0.2, 0) is 14.3 Å². The van der Waals surface area contributed by atoms with Crippen molar-refractivity contribution in [1.29, 1.82) is 0 Å². The van der Waals surface area contributed by atoms with Crippen LogP contribution in [0.25, 0.3) is 0 Å². The first kappa shape index (κ1) is 14.0. The van der Waals surface area contributed by atoms with E-state index in [9.17, 15) is 9.59 Å². The van der Waals surface area contributed by atoms with E-state index < -0.39 is 17.7 Å². The zero-order chi connectivity index (χ0) is 13.6. The number of esters is 1. The number of carbonyl (C=O) groups excluding carboxylic acids is 2. The van der Waals surface area contributed by atoms with E-state index in [1.54, 1.807) is 11.8 Å². The Bertz CT molecular complexity index is 336. The van der Waals surface area contributed by atoms with Gasteiger partial charge in [0.05, 0.1) is 0 Å². The van der Waals surface area contributed by atoms with Gasteiger partial charge in [-0.3, -0.25) is 9.69 Å². The number of hydrogen-bond acceptors (Lipinski definition) is 3. The second-order valence-corrected chi connectivity index (χ2v) is 6.79. The van der Waals surface area contributed by atoms with E-state index >= 15 is 0 Å². The van der Waals surface area contributed by atoms with Crippen molar-refractivity contribution in [3.05, 3.63) is 0 Å². The van der Waals surface area contributed by atoms with Gasteiger partial charge in [-0.15, -0.1) is 0 Å². The molecule has 0 N–H and O–H groups in total. The minimum absolute atomic E-state index is 0.0456. The van der Waals surface area contributed by atoms with Crippen LogP contribution in [0.5, 0.6) is 0 Å². The summed E-state index contributed by atoms with van der Waals surface area (Å²) >= 11 is 0. The van der Waals surface area contributed by atoms with Gasteiger partial charge in [-0.25, -0.2) is 4.79 Å². The van der Waals surface area contributed by atoms with Crippen molar-refractivity contribution in [1.82, 2.24) is 4.90 Å². The molecule has 0 spiro atoms. The molecule has 0 aromatic heterocycles. The Hall–Kier alpha value is -1.06. The standard InChI is InChI=1S/C13H23NO3/c1-8-9(15)17-11(13(5,6)7)14(8)10(16)12(2,3)4/h8,11H,1-7H3/t8-,11+/m0/s1. The van der Waals surface area contributed by atoms with E-state index in [1.807, 2.05) is 41.5 Å². The fourth-order valence-electron chi connectivity index (χ4n) is 1.85. The molecule has 1 heterocycles. The summed E-state index contributed by atoms with van der Waals surface area (Å²) in [5.41, 5.74) is -0.785. The average Bonchev–Trinajstić information content (AvgIpc) is 2.40. The highest BCUT2D eigenvalue weighted by Crippen LogP contribution is 2.35. The summed E-state index contributed by atoms with van der Waals surface area (Å²) in [6, 6.07) is -0.494. The van der Waals surface area contributed by atoms with Gasteiger partial charge in [0.1, 0.15) is 6.04 Å². The van der Waals surface area contributed by atoms with Crippen LogP contribution >= 0.6 is 0 Å². The molecule has 1 rings (SSSR count). The maximum absolute atomic E-state index is 12.4. The van der Waals surface area contributed by atoms with Gasteiger partial charge in [0, 0.05) is 10.8 Å². The second-order valence-electron chi connectivity index (χ2n) is 6.79. The predicted octanol–water partition coefficient (Wildman–Crippen LogP) is 2.18. The minimum Gasteiger partial charge on any atom is -0.439 e. The lowest BCUT2D eigenvalue weighted by molar-refractivity contribution is -0.155. The lowest BCUT2D eigenvalue weighted by Crippen LogP contribution is -2.50. The number of nitrogens with zero attached hydrogens (tertiary/aromatic N) is 1. The molecule has 0 aromatic carbocycles. The molecule has 1 aliphatic heterocycles. The maximum atomic E-state index is 12.4. The van der Waals surface area contributed by atoms with Gasteiger partial charge < -0.3 is 4.74 Å². The number of rotatable bonds is 0. The Morgan fingerprint density at radius 3 is 2.00 bits per heavy atom. The molecule has 0 radical (unpaired) electrons. The summed E-state index contributed by atoms with van der Waals surface area (Å²) in [7, 11) is 0. The third-order valence-corrected chi connectivity index (χ3v) is 2.86. The summed E-state index contributed by atoms with van der Waals surface area (Å²) in [4.78, 5) is 25.6. The van der Waals surface area contributed by atoms with E-state index in [0.717, 1.165) is 0 Å². The van der Waals surface area contributed by atoms with Gasteiger partial charge in [-0.2, -0.15) is 0 Å². The third kappa shape index (κ3) is 2.61. The molecule has 4 heteroatoms. The maximum Gasteiger partial charge on any atom is 0.330 e. The molecule has 0 unspecified atom stereocenters. The van der Waals surface area contributed by atoms with E-state index in [0.29, 0.717) is 0 Å². The van der Waals surface area contributed by atoms with Crippen LogP contribution in [0.15, 0.2) is 0 Å². The smallest absolute Gasteiger partial charge is 0.330 e. The van der Waals surface area contributed by atoms with E-state index in [-0.39, 0.29) is 17.3 Å². The summed E-state index contributed by atoms with van der Waals surface area (Å²) in [5.74, 6) is -0.363. The van der Waals surface area contributed by atoms with E-state index in [4.69, 9.17) is 4.74 Å². The van der Waals surface area contributed by atoms with Crippen LogP contribution in [0, 0.1) is 10.8 Å². The van der Waals surface area contributed by atoms with Crippen LogP contribution in [0.3, 0.4) is 0 Å². The summed E-state index contributed by atoms with van der Waals surface area (Å²) in [6.45, 7) is 13.2. The highest BCUT2D eigenvalue weighted by atomic mass is 16.6. The Labute approximate surface area is 103 Å². The van der Waals surface area contributed by atoms with Crippen molar-refractivity contribution in [2.75, 3.05) is 0 Å². The molecule has 98 valence electrons. The van der Waals surface area contributed by atoms with Crippen LogP contribution in [0.2, 0.25) is 0 Å². The summed E-state index contributed by atoms with van der Waals surface area (Å²) in [6.07, 6.45) is -0.475. The predicted molar refractivity (Wildman–Crippen MR) is 65.1 cm³/mol. The SMILES string of the molecule is C[C@H]1C(=O)O[C@H](C(C)(C)C)N1C(=O)C(C)(C)C. The van der Waals surface area contributed by atoms with Crippen molar-refractivity contribution in [3.63, 3.8) is 0 Å². The van der Waals surface area contributed by atoms with Gasteiger partial charge in [0.15, 0.2) is 6.23 Å². The molecular weight excluding hydrogens is 218 g/mol. The minimum atomic E-state index is -0.508. The molecule has 2 atom stereocenters. The van der Waals surface area contributed by atoms with Crippen LogP contribution in [0.4, 0.5) is 0 Å². The molecule has 0 aliphatic carbocycles. The number of carbonyl (C=O) groups is 2. The zero-order valence-electron chi connectivity index (χ0n) is 11.8. The van der Waals surface area contributed by atoms with E-state index in [1.165, 1.54) is 0 Å². The quantitative estimate of drug-likeness (QED) is 0.611. The molecule has 17 heavy (non-hydrogen) atoms. The Morgan fingerprint density at radius 1 is 1.18 bits per heavy atom. The number of hydrogen-bond donors (Lipinski definition) is 0. The van der Waals surface area contributed by atoms with Gasteiger partial charge in [-0.1, -0.05) is 41.5 Å². The average molecular weight is 241 g/mol. The number of cyclic esters (lactones) is 1. The zero-order valence-corrected chi connectivity index (χ0v) is 11.8. The van der Waals surface area contributed by atoms with Gasteiger partial charge >= 0.3 is 5.97 Å². The first-order valence-corrected chi connectivity index (χ1v) is 5.99. The molecule has 1 fully saturated rings. The van der Waals surface area contributed by atoms with Crippen molar-refractivity contribution < 1.29 is 14.3 Å². The lowest BCUT2D eigenvalue weighted by atomic mass is 9.89. The van der Waals surface area contributed by atoms with Crippen LogP contribution in [0.1, 0.15) is 48.5 Å². The highest BCUT2D eigenvalue weighted by Gasteiger charge is 2.49. The summed E-state index contributed by atoms with van der Waals surface area (Å²) < 4.78 is 5.33. The first-order valence-electron chi connectivity index (χ1n) is 5.99. The van der Waals surface area contributed by atoms with Crippen molar-refractivity contribution in [2.24, 2.45) is 10.8 Å². The Kier molecular flexibility index (Phi) is 3.29. The van der Waals surface area contributed by atoms with Gasteiger partial charge in [0.25, 0.3) is 0 Å². The largest absolute Gasteiger partial charge is 0.439 e. The normalized spacial score (nSPS) is 26.1. The fraction of sp³-hybridized carbons (Fsp3) is 0.846. The summed E-state index contributed by atoms with van der Waals surface area (Å²) in [5, 5.41) is 0. The Morgan fingerprint density at radius 2 is 1.65 bits per heavy atom. The third-order valence-electron chi connectivity index (χ3n) is 2.86. The number of ether oxygens (including phenoxy) is 1. The Balaban J connectivity index is 3.09. The van der Waals surface area contributed by atoms with Crippen molar-refractivity contribution in [2.45, 2.75) is 60.7 Å². The van der Waals surface area contributed by atoms with Gasteiger partial charge in [-0.05, 0) is 6.92 Å². The molecule has 1 saturated heterocycles. The first-order chi connectivity index (χ1) is 7.46. The molecule has 1 aliphatic rings. The monoisotopic (exact) mass is 241 g/mol. The molecule has 0 saturated carbocycles. The highest BCUT2D eigenvalue weighted by molar-refractivity contribution is 5.89. The molecule has 0 aromatic rings. The molecule has 4 nitrogen and oxygen atoms in total. The van der Waals surface area contributed by atoms with Crippen molar-refractivity contribution in [3.8, 4) is 0 Å². The van der Waals surface area contributed by atoms with E-state index in [2.05, 4.69) is 0 Å². The second kappa shape index (κ2) is 4.00.